The highest BCUT2D eigenvalue weighted by atomic mass is 79.9. The fraction of sp³-hybridized carbons (Fsp3) is 0.154. The quantitative estimate of drug-likeness (QED) is 0.257. The highest BCUT2D eigenvalue weighted by Gasteiger charge is 2.34. The van der Waals surface area contributed by atoms with E-state index in [1.54, 1.807) is 6.08 Å². The molecule has 4 nitrogen and oxygen atoms in total. The Morgan fingerprint density at radius 1 is 0.879 bits per heavy atom. The molecule has 33 heavy (non-hydrogen) atoms. The maximum absolute atomic E-state index is 12.8. The van der Waals surface area contributed by atoms with Crippen LogP contribution < -0.4 is 4.74 Å². The molecule has 0 bridgehead atoms. The van der Waals surface area contributed by atoms with Gasteiger partial charge < -0.3 is 4.74 Å². The number of amides is 2. The van der Waals surface area contributed by atoms with Crippen LogP contribution in [0.4, 0.5) is 4.79 Å². The molecule has 1 aliphatic heterocycles. The van der Waals surface area contributed by atoms with Gasteiger partial charge in [-0.3, -0.25) is 14.5 Å². The Morgan fingerprint density at radius 2 is 1.48 bits per heavy atom. The first-order valence-electron chi connectivity index (χ1n) is 10.5. The molecule has 0 aromatic heterocycles. The highest BCUT2D eigenvalue weighted by molar-refractivity contribution is 9.11. The summed E-state index contributed by atoms with van der Waals surface area (Å²) in [4.78, 5) is 27.0. The minimum absolute atomic E-state index is 0.222. The van der Waals surface area contributed by atoms with Gasteiger partial charge in [0, 0.05) is 6.54 Å². The third-order valence-corrected chi connectivity index (χ3v) is 7.19. The SMILES string of the molecule is O=C1S/C(=C/c2cc(Br)c(OCc3ccccc3)c(Br)c2)C(=O)N1CCCc1ccccc1. The summed E-state index contributed by atoms with van der Waals surface area (Å²) in [6.45, 7) is 0.857. The molecule has 0 unspecified atom stereocenters. The third kappa shape index (κ3) is 6.16. The Balaban J connectivity index is 1.41. The van der Waals surface area contributed by atoms with Crippen LogP contribution in [0, 0.1) is 0 Å². The summed E-state index contributed by atoms with van der Waals surface area (Å²) >= 11 is 8.11. The lowest BCUT2D eigenvalue weighted by molar-refractivity contribution is -0.122. The summed E-state index contributed by atoms with van der Waals surface area (Å²) in [6.07, 6.45) is 3.31. The van der Waals surface area contributed by atoms with Gasteiger partial charge in [0.15, 0.2) is 0 Å². The summed E-state index contributed by atoms with van der Waals surface area (Å²) in [7, 11) is 0. The fourth-order valence-electron chi connectivity index (χ4n) is 3.46. The highest BCUT2D eigenvalue weighted by Crippen LogP contribution is 2.38. The van der Waals surface area contributed by atoms with Gasteiger partial charge >= 0.3 is 0 Å². The zero-order valence-corrected chi connectivity index (χ0v) is 21.7. The topological polar surface area (TPSA) is 46.6 Å². The van der Waals surface area contributed by atoms with Gasteiger partial charge in [-0.1, -0.05) is 60.7 Å². The van der Waals surface area contributed by atoms with Gasteiger partial charge in [-0.05, 0) is 91.4 Å². The number of thioether (sulfide) groups is 1. The van der Waals surface area contributed by atoms with Crippen LogP contribution in [0.3, 0.4) is 0 Å². The maximum Gasteiger partial charge on any atom is 0.293 e. The maximum atomic E-state index is 12.8. The molecule has 1 saturated heterocycles. The van der Waals surface area contributed by atoms with Crippen molar-refractivity contribution in [3.63, 3.8) is 0 Å². The number of aryl methyl sites for hydroxylation is 1. The standard InChI is InChI=1S/C26H21Br2NO3S/c27-21-14-20(15-22(28)24(21)32-17-19-10-5-2-6-11-19)16-23-25(30)29(26(31)33-23)13-7-12-18-8-3-1-4-9-18/h1-6,8-11,14-16H,7,12-13,17H2/b23-16+. The van der Waals surface area contributed by atoms with E-state index in [2.05, 4.69) is 44.0 Å². The Labute approximate surface area is 214 Å². The van der Waals surface area contributed by atoms with E-state index in [9.17, 15) is 9.59 Å². The van der Waals surface area contributed by atoms with Crippen LogP contribution in [0.25, 0.3) is 6.08 Å². The van der Waals surface area contributed by atoms with Crippen molar-refractivity contribution in [1.29, 1.82) is 0 Å². The largest absolute Gasteiger partial charge is 0.487 e. The van der Waals surface area contributed by atoms with Crippen molar-refractivity contribution in [2.75, 3.05) is 6.54 Å². The minimum Gasteiger partial charge on any atom is -0.487 e. The molecule has 2 amide bonds. The number of ether oxygens (including phenoxy) is 1. The van der Waals surface area contributed by atoms with Crippen LogP contribution in [-0.2, 0) is 17.8 Å². The van der Waals surface area contributed by atoms with Crippen LogP contribution in [0.2, 0.25) is 0 Å². The Bertz CT molecular complexity index is 1160. The second-order valence-corrected chi connectivity index (χ2v) is 10.2. The molecule has 3 aromatic rings. The fourth-order valence-corrected chi connectivity index (χ4v) is 5.78. The Kier molecular flexibility index (Phi) is 8.06. The average molecular weight is 587 g/mol. The van der Waals surface area contributed by atoms with E-state index in [1.807, 2.05) is 60.7 Å². The van der Waals surface area contributed by atoms with Crippen LogP contribution in [0.5, 0.6) is 5.75 Å². The number of rotatable bonds is 8. The molecule has 3 aromatic carbocycles. The minimum atomic E-state index is -0.241. The van der Waals surface area contributed by atoms with E-state index in [-0.39, 0.29) is 11.1 Å². The van der Waals surface area contributed by atoms with Crippen molar-refractivity contribution in [2.45, 2.75) is 19.4 Å². The van der Waals surface area contributed by atoms with Crippen molar-refractivity contribution in [2.24, 2.45) is 0 Å². The van der Waals surface area contributed by atoms with Gasteiger partial charge in [0.2, 0.25) is 0 Å². The third-order valence-electron chi connectivity index (χ3n) is 5.11. The molecule has 0 N–H and O–H groups in total. The van der Waals surface area contributed by atoms with E-state index >= 15 is 0 Å². The van der Waals surface area contributed by atoms with E-state index < -0.39 is 0 Å². The molecule has 4 rings (SSSR count). The van der Waals surface area contributed by atoms with Crippen molar-refractivity contribution in [3.05, 3.63) is 103 Å². The number of imide groups is 1. The number of halogens is 2. The first kappa shape index (κ1) is 23.8. The van der Waals surface area contributed by atoms with Crippen LogP contribution in [0.1, 0.15) is 23.1 Å². The van der Waals surface area contributed by atoms with Gasteiger partial charge in [-0.15, -0.1) is 0 Å². The van der Waals surface area contributed by atoms with E-state index in [0.717, 1.165) is 44.7 Å². The zero-order valence-electron chi connectivity index (χ0n) is 17.7. The molecule has 168 valence electrons. The summed E-state index contributed by atoms with van der Waals surface area (Å²) < 4.78 is 7.50. The number of hydrogen-bond acceptors (Lipinski definition) is 4. The molecule has 0 saturated carbocycles. The molecule has 0 radical (unpaired) electrons. The molecular weight excluding hydrogens is 566 g/mol. The number of carbonyl (C=O) groups is 2. The summed E-state index contributed by atoms with van der Waals surface area (Å²) in [5.74, 6) is 0.444. The Morgan fingerprint density at radius 3 is 2.12 bits per heavy atom. The van der Waals surface area contributed by atoms with Crippen LogP contribution in [0.15, 0.2) is 86.6 Å². The Hall–Kier alpha value is -2.35. The molecular formula is C26H21Br2NO3S. The van der Waals surface area contributed by atoms with Crippen molar-refractivity contribution in [1.82, 2.24) is 4.90 Å². The molecule has 0 spiro atoms. The average Bonchev–Trinajstić information content (AvgIpc) is 3.07. The van der Waals surface area contributed by atoms with Gasteiger partial charge in [0.25, 0.3) is 11.1 Å². The predicted molar refractivity (Wildman–Crippen MR) is 140 cm³/mol. The zero-order chi connectivity index (χ0) is 23.2. The van der Waals surface area contributed by atoms with Crippen molar-refractivity contribution < 1.29 is 14.3 Å². The lowest BCUT2D eigenvalue weighted by Crippen LogP contribution is -2.29. The lowest BCUT2D eigenvalue weighted by Gasteiger charge is -2.12. The summed E-state index contributed by atoms with van der Waals surface area (Å²) in [5, 5.41) is -0.222. The number of carbonyl (C=O) groups excluding carboxylic acids is 2. The molecule has 7 heteroatoms. The number of benzene rings is 3. The van der Waals surface area contributed by atoms with Gasteiger partial charge in [0.05, 0.1) is 13.9 Å². The first-order chi connectivity index (χ1) is 16.0. The second-order valence-electron chi connectivity index (χ2n) is 7.51. The van der Waals surface area contributed by atoms with Crippen molar-refractivity contribution >= 4 is 60.8 Å². The molecule has 1 aliphatic rings. The molecule has 0 atom stereocenters. The van der Waals surface area contributed by atoms with Gasteiger partial charge in [-0.25, -0.2) is 0 Å². The summed E-state index contributed by atoms with van der Waals surface area (Å²) in [6, 6.07) is 23.8. The second kappa shape index (κ2) is 11.2. The van der Waals surface area contributed by atoms with E-state index in [4.69, 9.17) is 4.74 Å². The van der Waals surface area contributed by atoms with E-state index in [0.29, 0.717) is 23.8 Å². The van der Waals surface area contributed by atoms with Gasteiger partial charge in [-0.2, -0.15) is 0 Å². The smallest absolute Gasteiger partial charge is 0.293 e. The monoisotopic (exact) mass is 585 g/mol. The first-order valence-corrected chi connectivity index (χ1v) is 12.9. The van der Waals surface area contributed by atoms with Gasteiger partial charge in [0.1, 0.15) is 12.4 Å². The summed E-state index contributed by atoms with van der Waals surface area (Å²) in [5.41, 5.74) is 3.07. The molecule has 0 aliphatic carbocycles. The lowest BCUT2D eigenvalue weighted by atomic mass is 10.1. The molecule has 1 heterocycles. The number of nitrogens with zero attached hydrogens (tertiary/aromatic N) is 1. The van der Waals surface area contributed by atoms with Crippen molar-refractivity contribution in [3.8, 4) is 5.75 Å². The normalized spacial score (nSPS) is 14.8. The van der Waals surface area contributed by atoms with E-state index in [1.165, 1.54) is 10.5 Å². The molecule has 1 fully saturated rings. The van der Waals surface area contributed by atoms with Crippen LogP contribution >= 0.6 is 43.6 Å². The number of hydrogen-bond donors (Lipinski definition) is 0. The van der Waals surface area contributed by atoms with Crippen LogP contribution in [-0.4, -0.2) is 22.6 Å². The predicted octanol–water partition coefficient (Wildman–Crippen LogP) is 7.46.